The summed E-state index contributed by atoms with van der Waals surface area (Å²) in [6.45, 7) is 0. The fourth-order valence-corrected chi connectivity index (χ4v) is 4.41. The number of rotatable bonds is 6. The van der Waals surface area contributed by atoms with E-state index in [0.29, 0.717) is 17.0 Å². The predicted molar refractivity (Wildman–Crippen MR) is 103 cm³/mol. The van der Waals surface area contributed by atoms with E-state index in [9.17, 15) is 13.2 Å². The van der Waals surface area contributed by atoms with E-state index >= 15 is 0 Å². The van der Waals surface area contributed by atoms with Crippen LogP contribution in [0.2, 0.25) is 0 Å². The summed E-state index contributed by atoms with van der Waals surface area (Å²) in [6.07, 6.45) is 0. The van der Waals surface area contributed by atoms with Gasteiger partial charge >= 0.3 is 0 Å². The highest BCUT2D eigenvalue weighted by Gasteiger charge is 2.26. The third-order valence-corrected chi connectivity index (χ3v) is 6.65. The normalized spacial score (nSPS) is 11.0. The molecule has 10 heteroatoms. The highest BCUT2D eigenvalue weighted by atomic mass is 32.2. The standard InChI is InChI=1S/C17H16N4O4S2/c1-21(13-6-4-3-5-7-13)27(23,24)17-20-19-16(26-17)18-15(22)12-8-10-14(25-2)11-9-12/h3-11H,1-2H3,(H,18,19,22). The minimum absolute atomic E-state index is 0.0934. The Labute approximate surface area is 160 Å². The van der Waals surface area contributed by atoms with Gasteiger partial charge in [-0.3, -0.25) is 14.4 Å². The van der Waals surface area contributed by atoms with Crippen LogP contribution in [-0.4, -0.2) is 38.7 Å². The van der Waals surface area contributed by atoms with E-state index < -0.39 is 15.9 Å². The highest BCUT2D eigenvalue weighted by Crippen LogP contribution is 2.26. The molecule has 0 unspecified atom stereocenters. The Bertz CT molecular complexity index is 1030. The fourth-order valence-electron chi connectivity index (χ4n) is 2.17. The average molecular weight is 404 g/mol. The monoisotopic (exact) mass is 404 g/mol. The Hall–Kier alpha value is -2.98. The maximum atomic E-state index is 12.7. The van der Waals surface area contributed by atoms with Crippen molar-refractivity contribution < 1.29 is 17.9 Å². The van der Waals surface area contributed by atoms with Crippen molar-refractivity contribution in [2.45, 2.75) is 4.34 Å². The topological polar surface area (TPSA) is 101 Å². The zero-order valence-corrected chi connectivity index (χ0v) is 16.1. The van der Waals surface area contributed by atoms with Gasteiger partial charge < -0.3 is 4.74 Å². The van der Waals surface area contributed by atoms with Crippen LogP contribution in [0.1, 0.15) is 10.4 Å². The van der Waals surface area contributed by atoms with Crippen molar-refractivity contribution in [2.75, 3.05) is 23.8 Å². The molecule has 1 heterocycles. The van der Waals surface area contributed by atoms with E-state index in [1.807, 2.05) is 0 Å². The number of benzene rings is 2. The number of sulfonamides is 1. The SMILES string of the molecule is COc1ccc(C(=O)Nc2nnc(S(=O)(=O)N(C)c3ccccc3)s2)cc1. The zero-order valence-electron chi connectivity index (χ0n) is 14.5. The number of amides is 1. The van der Waals surface area contributed by atoms with Crippen molar-refractivity contribution >= 4 is 38.1 Å². The molecule has 3 rings (SSSR count). The van der Waals surface area contributed by atoms with Gasteiger partial charge in [0.1, 0.15) is 5.75 Å². The van der Waals surface area contributed by atoms with E-state index in [2.05, 4.69) is 15.5 Å². The van der Waals surface area contributed by atoms with Crippen LogP contribution < -0.4 is 14.4 Å². The molecular weight excluding hydrogens is 388 g/mol. The molecule has 1 aromatic heterocycles. The van der Waals surface area contributed by atoms with E-state index in [-0.39, 0.29) is 9.47 Å². The molecule has 0 bridgehead atoms. The number of anilines is 2. The van der Waals surface area contributed by atoms with Crippen LogP contribution in [0, 0.1) is 0 Å². The second-order valence-corrected chi connectivity index (χ2v) is 8.48. The largest absolute Gasteiger partial charge is 0.497 e. The first-order chi connectivity index (χ1) is 12.9. The number of ether oxygens (including phenoxy) is 1. The maximum absolute atomic E-state index is 12.7. The van der Waals surface area contributed by atoms with Crippen LogP contribution in [0.3, 0.4) is 0 Å². The molecule has 0 spiro atoms. The minimum atomic E-state index is -3.87. The molecular formula is C17H16N4O4S2. The van der Waals surface area contributed by atoms with Crippen molar-refractivity contribution in [1.29, 1.82) is 0 Å². The number of carbonyl (C=O) groups excluding carboxylic acids is 1. The predicted octanol–water partition coefficient (Wildman–Crippen LogP) is 2.62. The Balaban J connectivity index is 1.76. The lowest BCUT2D eigenvalue weighted by molar-refractivity contribution is 0.102. The van der Waals surface area contributed by atoms with Crippen LogP contribution in [0.25, 0.3) is 0 Å². The van der Waals surface area contributed by atoms with E-state index in [1.54, 1.807) is 54.6 Å². The van der Waals surface area contributed by atoms with Gasteiger partial charge in [-0.2, -0.15) is 8.42 Å². The highest BCUT2D eigenvalue weighted by molar-refractivity contribution is 7.94. The average Bonchev–Trinajstić information content (AvgIpc) is 3.17. The molecule has 8 nitrogen and oxygen atoms in total. The van der Waals surface area contributed by atoms with Gasteiger partial charge in [0, 0.05) is 12.6 Å². The molecule has 1 amide bonds. The lowest BCUT2D eigenvalue weighted by atomic mass is 10.2. The molecule has 0 saturated carbocycles. The summed E-state index contributed by atoms with van der Waals surface area (Å²) in [7, 11) is -0.906. The zero-order chi connectivity index (χ0) is 19.4. The molecule has 0 atom stereocenters. The summed E-state index contributed by atoms with van der Waals surface area (Å²) in [5.74, 6) is 0.203. The molecule has 0 radical (unpaired) electrons. The van der Waals surface area contributed by atoms with Gasteiger partial charge in [0.15, 0.2) is 0 Å². The second-order valence-electron chi connectivity index (χ2n) is 5.36. The van der Waals surface area contributed by atoms with Crippen LogP contribution in [-0.2, 0) is 10.0 Å². The number of nitrogens with one attached hydrogen (secondary N) is 1. The third kappa shape index (κ3) is 4.07. The van der Waals surface area contributed by atoms with Crippen LogP contribution in [0.15, 0.2) is 58.9 Å². The summed E-state index contributed by atoms with van der Waals surface area (Å²) in [6, 6.07) is 15.1. The van der Waals surface area contributed by atoms with Gasteiger partial charge in [-0.05, 0) is 36.4 Å². The van der Waals surface area contributed by atoms with Crippen LogP contribution >= 0.6 is 11.3 Å². The number of nitrogens with zero attached hydrogens (tertiary/aromatic N) is 3. The van der Waals surface area contributed by atoms with E-state index in [1.165, 1.54) is 14.2 Å². The quantitative estimate of drug-likeness (QED) is 0.634. The first kappa shape index (κ1) is 18.8. The molecule has 0 aliphatic carbocycles. The van der Waals surface area contributed by atoms with Gasteiger partial charge in [-0.15, -0.1) is 10.2 Å². The Kier molecular flexibility index (Phi) is 5.38. The number of aromatic nitrogens is 2. The van der Waals surface area contributed by atoms with Gasteiger partial charge in [0.2, 0.25) is 5.13 Å². The van der Waals surface area contributed by atoms with Crippen LogP contribution in [0.4, 0.5) is 10.8 Å². The van der Waals surface area contributed by atoms with Gasteiger partial charge in [-0.1, -0.05) is 29.5 Å². The molecule has 3 aromatic rings. The summed E-state index contributed by atoms with van der Waals surface area (Å²) < 4.78 is 31.3. The summed E-state index contributed by atoms with van der Waals surface area (Å²) >= 11 is 0.785. The van der Waals surface area contributed by atoms with Gasteiger partial charge in [0.05, 0.1) is 12.8 Å². The number of methoxy groups -OCH3 is 1. The fraction of sp³-hybridized carbons (Fsp3) is 0.118. The maximum Gasteiger partial charge on any atom is 0.293 e. The lowest BCUT2D eigenvalue weighted by Crippen LogP contribution is -2.26. The molecule has 0 fully saturated rings. The summed E-state index contributed by atoms with van der Waals surface area (Å²) in [5.41, 5.74) is 0.883. The van der Waals surface area contributed by atoms with Gasteiger partial charge in [0.25, 0.3) is 20.3 Å². The first-order valence-electron chi connectivity index (χ1n) is 7.74. The van der Waals surface area contributed by atoms with Gasteiger partial charge in [-0.25, -0.2) is 0 Å². The molecule has 140 valence electrons. The minimum Gasteiger partial charge on any atom is -0.497 e. The molecule has 0 aliphatic heterocycles. The number of hydrogen-bond acceptors (Lipinski definition) is 7. The second kappa shape index (κ2) is 7.72. The first-order valence-corrected chi connectivity index (χ1v) is 10.0. The molecule has 0 aliphatic rings. The molecule has 2 aromatic carbocycles. The Morgan fingerprint density at radius 1 is 1.07 bits per heavy atom. The lowest BCUT2D eigenvalue weighted by Gasteiger charge is -2.16. The Morgan fingerprint density at radius 2 is 1.74 bits per heavy atom. The van der Waals surface area contributed by atoms with E-state index in [4.69, 9.17) is 4.74 Å². The van der Waals surface area contributed by atoms with Crippen molar-refractivity contribution in [2.24, 2.45) is 0 Å². The smallest absolute Gasteiger partial charge is 0.293 e. The van der Waals surface area contributed by atoms with Crippen molar-refractivity contribution in [3.8, 4) is 5.75 Å². The number of hydrogen-bond donors (Lipinski definition) is 1. The summed E-state index contributed by atoms with van der Waals surface area (Å²) in [4.78, 5) is 12.3. The molecule has 1 N–H and O–H groups in total. The Morgan fingerprint density at radius 3 is 2.37 bits per heavy atom. The van der Waals surface area contributed by atoms with Crippen molar-refractivity contribution in [3.63, 3.8) is 0 Å². The number of carbonyl (C=O) groups is 1. The number of para-hydroxylation sites is 1. The van der Waals surface area contributed by atoms with E-state index in [0.717, 1.165) is 15.6 Å². The van der Waals surface area contributed by atoms with Crippen molar-refractivity contribution in [3.05, 3.63) is 60.2 Å². The summed E-state index contributed by atoms with van der Waals surface area (Å²) in [5, 5.41) is 10.1. The van der Waals surface area contributed by atoms with Crippen molar-refractivity contribution in [1.82, 2.24) is 10.2 Å². The molecule has 27 heavy (non-hydrogen) atoms. The molecule has 0 saturated heterocycles. The third-order valence-electron chi connectivity index (χ3n) is 3.68. The van der Waals surface area contributed by atoms with Crippen LogP contribution in [0.5, 0.6) is 5.75 Å².